The first-order valence-corrected chi connectivity index (χ1v) is 6.05. The van der Waals surface area contributed by atoms with Crippen molar-refractivity contribution < 1.29 is 18.0 Å². The van der Waals surface area contributed by atoms with Gasteiger partial charge in [-0.05, 0) is 18.7 Å². The standard InChI is InChI=1S/C14H17F3N2O/c1-3-13(20)18-9-12(14(15,16)17)19(2)10-11-7-5-4-6-8-11/h3-8,12H,1,9-10H2,2H3,(H,18,20)/t12-/m1/s1. The smallest absolute Gasteiger partial charge is 0.351 e. The molecule has 1 aromatic rings. The van der Waals surface area contributed by atoms with E-state index in [9.17, 15) is 18.0 Å². The number of nitrogens with zero attached hydrogens (tertiary/aromatic N) is 1. The van der Waals surface area contributed by atoms with Crippen LogP contribution < -0.4 is 5.32 Å². The van der Waals surface area contributed by atoms with Crippen LogP contribution in [-0.2, 0) is 11.3 Å². The molecule has 0 fully saturated rings. The minimum atomic E-state index is -4.42. The molecule has 0 spiro atoms. The number of halogens is 3. The third-order valence-electron chi connectivity index (χ3n) is 2.84. The Morgan fingerprint density at radius 3 is 2.50 bits per heavy atom. The molecule has 1 aromatic carbocycles. The Labute approximate surface area is 116 Å². The third kappa shape index (κ3) is 5.05. The van der Waals surface area contributed by atoms with E-state index in [4.69, 9.17) is 0 Å². The highest BCUT2D eigenvalue weighted by atomic mass is 19.4. The minimum Gasteiger partial charge on any atom is -0.351 e. The predicted molar refractivity (Wildman–Crippen MR) is 71.0 cm³/mol. The number of likely N-dealkylation sites (N-methyl/N-ethyl adjacent to an activating group) is 1. The first kappa shape index (κ1) is 16.2. The lowest BCUT2D eigenvalue weighted by Crippen LogP contribution is -2.50. The molecule has 1 N–H and O–H groups in total. The van der Waals surface area contributed by atoms with Gasteiger partial charge in [-0.25, -0.2) is 0 Å². The van der Waals surface area contributed by atoms with Gasteiger partial charge in [-0.15, -0.1) is 0 Å². The summed E-state index contributed by atoms with van der Waals surface area (Å²) in [5.41, 5.74) is 0.777. The SMILES string of the molecule is C=CC(=O)NC[C@@H](N(C)Cc1ccccc1)C(F)(F)F. The summed E-state index contributed by atoms with van der Waals surface area (Å²) >= 11 is 0. The molecule has 0 aliphatic carbocycles. The second-order valence-electron chi connectivity index (χ2n) is 4.41. The van der Waals surface area contributed by atoms with Crippen molar-refractivity contribution >= 4 is 5.91 Å². The van der Waals surface area contributed by atoms with Gasteiger partial charge < -0.3 is 5.32 Å². The maximum absolute atomic E-state index is 13.0. The average molecular weight is 286 g/mol. The van der Waals surface area contributed by atoms with Gasteiger partial charge in [0.15, 0.2) is 0 Å². The van der Waals surface area contributed by atoms with Gasteiger partial charge in [-0.2, -0.15) is 13.2 Å². The zero-order valence-corrected chi connectivity index (χ0v) is 11.2. The molecule has 0 saturated heterocycles. The summed E-state index contributed by atoms with van der Waals surface area (Å²) < 4.78 is 39.0. The van der Waals surface area contributed by atoms with E-state index >= 15 is 0 Å². The average Bonchev–Trinajstić information content (AvgIpc) is 2.38. The van der Waals surface area contributed by atoms with E-state index < -0.39 is 24.7 Å². The number of carbonyl (C=O) groups is 1. The van der Waals surface area contributed by atoms with Crippen LogP contribution in [0.1, 0.15) is 5.56 Å². The summed E-state index contributed by atoms with van der Waals surface area (Å²) in [4.78, 5) is 12.2. The highest BCUT2D eigenvalue weighted by molar-refractivity contribution is 5.86. The van der Waals surface area contributed by atoms with Gasteiger partial charge in [0, 0.05) is 13.1 Å². The van der Waals surface area contributed by atoms with Crippen molar-refractivity contribution in [2.75, 3.05) is 13.6 Å². The van der Waals surface area contributed by atoms with Gasteiger partial charge in [0.2, 0.25) is 5.91 Å². The molecule has 20 heavy (non-hydrogen) atoms. The number of hydrogen-bond acceptors (Lipinski definition) is 2. The van der Waals surface area contributed by atoms with Crippen LogP contribution in [-0.4, -0.2) is 36.6 Å². The molecule has 1 amide bonds. The summed E-state index contributed by atoms with van der Waals surface area (Å²) in [5, 5.41) is 2.19. The minimum absolute atomic E-state index is 0.148. The molecule has 110 valence electrons. The lowest BCUT2D eigenvalue weighted by Gasteiger charge is -2.30. The summed E-state index contributed by atoms with van der Waals surface area (Å²) in [6.45, 7) is 2.85. The molecule has 0 unspecified atom stereocenters. The maximum atomic E-state index is 13.0. The second-order valence-corrected chi connectivity index (χ2v) is 4.41. The van der Waals surface area contributed by atoms with E-state index in [0.29, 0.717) is 0 Å². The normalized spacial score (nSPS) is 13.1. The Kier molecular flexibility index (Phi) is 5.76. The van der Waals surface area contributed by atoms with Crippen LogP contribution in [0.3, 0.4) is 0 Å². The van der Waals surface area contributed by atoms with Crippen molar-refractivity contribution in [3.63, 3.8) is 0 Å². The molecular formula is C14H17F3N2O. The molecule has 0 saturated carbocycles. The number of nitrogens with one attached hydrogen (secondary N) is 1. The first-order valence-electron chi connectivity index (χ1n) is 6.05. The lowest BCUT2D eigenvalue weighted by atomic mass is 10.1. The van der Waals surface area contributed by atoms with E-state index in [2.05, 4.69) is 11.9 Å². The van der Waals surface area contributed by atoms with E-state index in [1.165, 1.54) is 11.9 Å². The molecule has 0 heterocycles. The Hall–Kier alpha value is -1.82. The molecule has 0 aromatic heterocycles. The number of carbonyl (C=O) groups excluding carboxylic acids is 1. The van der Waals surface area contributed by atoms with Gasteiger partial charge in [-0.3, -0.25) is 9.69 Å². The Bertz CT molecular complexity index is 445. The third-order valence-corrected chi connectivity index (χ3v) is 2.84. The van der Waals surface area contributed by atoms with Crippen LogP contribution in [0.25, 0.3) is 0 Å². The lowest BCUT2D eigenvalue weighted by molar-refractivity contribution is -0.180. The van der Waals surface area contributed by atoms with Crippen LogP contribution in [0.15, 0.2) is 43.0 Å². The summed E-state index contributed by atoms with van der Waals surface area (Å²) in [6.07, 6.45) is -3.47. The molecule has 6 heteroatoms. The van der Waals surface area contributed by atoms with Gasteiger partial charge in [0.05, 0.1) is 0 Å². The monoisotopic (exact) mass is 286 g/mol. The van der Waals surface area contributed by atoms with Crippen molar-refractivity contribution in [1.82, 2.24) is 10.2 Å². The van der Waals surface area contributed by atoms with Gasteiger partial charge in [0.1, 0.15) is 6.04 Å². The molecule has 1 atom stereocenters. The Morgan fingerprint density at radius 1 is 1.40 bits per heavy atom. The van der Waals surface area contributed by atoms with Gasteiger partial charge >= 0.3 is 6.18 Å². The van der Waals surface area contributed by atoms with E-state index in [1.807, 2.05) is 0 Å². The molecule has 0 aliphatic heterocycles. The van der Waals surface area contributed by atoms with Crippen LogP contribution in [0, 0.1) is 0 Å². The molecule has 0 radical (unpaired) electrons. The highest BCUT2D eigenvalue weighted by Crippen LogP contribution is 2.24. The quantitative estimate of drug-likeness (QED) is 0.814. The van der Waals surface area contributed by atoms with E-state index in [-0.39, 0.29) is 6.54 Å². The molecule has 0 bridgehead atoms. The van der Waals surface area contributed by atoms with Crippen LogP contribution in [0.2, 0.25) is 0 Å². The van der Waals surface area contributed by atoms with Crippen LogP contribution >= 0.6 is 0 Å². The second kappa shape index (κ2) is 7.09. The van der Waals surface area contributed by atoms with Gasteiger partial charge in [0.25, 0.3) is 0 Å². The summed E-state index contributed by atoms with van der Waals surface area (Å²) in [6, 6.07) is 7.11. The molecule has 0 aliphatic rings. The molecule has 1 rings (SSSR count). The van der Waals surface area contributed by atoms with Crippen molar-refractivity contribution in [2.24, 2.45) is 0 Å². The van der Waals surface area contributed by atoms with Gasteiger partial charge in [-0.1, -0.05) is 36.9 Å². The number of amides is 1. The number of rotatable bonds is 6. The fraction of sp³-hybridized carbons (Fsp3) is 0.357. The summed E-state index contributed by atoms with van der Waals surface area (Å²) in [5.74, 6) is -0.618. The fourth-order valence-electron chi connectivity index (χ4n) is 1.77. The Balaban J connectivity index is 2.72. The van der Waals surface area contributed by atoms with Crippen molar-refractivity contribution in [2.45, 2.75) is 18.8 Å². The fourth-order valence-corrected chi connectivity index (χ4v) is 1.77. The van der Waals surface area contributed by atoms with Crippen LogP contribution in [0.4, 0.5) is 13.2 Å². The molecule has 3 nitrogen and oxygen atoms in total. The zero-order valence-electron chi connectivity index (χ0n) is 11.2. The maximum Gasteiger partial charge on any atom is 0.405 e. The van der Waals surface area contributed by atoms with Crippen molar-refractivity contribution in [1.29, 1.82) is 0 Å². The zero-order chi connectivity index (χ0) is 15.2. The topological polar surface area (TPSA) is 32.3 Å². The molecular weight excluding hydrogens is 269 g/mol. The van der Waals surface area contributed by atoms with Crippen molar-refractivity contribution in [3.8, 4) is 0 Å². The van der Waals surface area contributed by atoms with E-state index in [0.717, 1.165) is 11.6 Å². The number of hydrogen-bond donors (Lipinski definition) is 1. The predicted octanol–water partition coefficient (Wildman–Crippen LogP) is 2.35. The number of benzene rings is 1. The van der Waals surface area contributed by atoms with Crippen LogP contribution in [0.5, 0.6) is 0 Å². The summed E-state index contributed by atoms with van der Waals surface area (Å²) in [7, 11) is 1.38. The highest BCUT2D eigenvalue weighted by Gasteiger charge is 2.42. The van der Waals surface area contributed by atoms with Crippen molar-refractivity contribution in [3.05, 3.63) is 48.6 Å². The largest absolute Gasteiger partial charge is 0.405 e. The van der Waals surface area contributed by atoms with E-state index in [1.54, 1.807) is 30.3 Å². The Morgan fingerprint density at radius 2 is 2.00 bits per heavy atom. The first-order chi connectivity index (χ1) is 9.34. The number of alkyl halides is 3.